The number of carbonyl (C=O) groups is 1. The first-order valence-electron chi connectivity index (χ1n) is 3.47. The molecule has 0 atom stereocenters. The Bertz CT molecular complexity index is 436. The maximum Gasteiger partial charge on any atom is 0.299 e. The van der Waals surface area contributed by atoms with Crippen LogP contribution in [0.4, 0.5) is 0 Å². The van der Waals surface area contributed by atoms with Gasteiger partial charge in [0, 0.05) is 16.2 Å². The van der Waals surface area contributed by atoms with E-state index in [4.69, 9.17) is 10.7 Å². The van der Waals surface area contributed by atoms with Gasteiger partial charge in [-0.15, -0.1) is 0 Å². The summed E-state index contributed by atoms with van der Waals surface area (Å²) in [5.41, 5.74) is 0.904. The molecule has 0 aromatic heterocycles. The smallest absolute Gasteiger partial charge is 0.275 e. The molecule has 5 heteroatoms. The van der Waals surface area contributed by atoms with Gasteiger partial charge in [-0.3, -0.25) is 4.79 Å². The third-order valence-corrected chi connectivity index (χ3v) is 2.57. The minimum absolute atomic E-state index is 0.0926. The minimum Gasteiger partial charge on any atom is -0.275 e. The van der Waals surface area contributed by atoms with Gasteiger partial charge in [-0.05, 0) is 13.0 Å². The van der Waals surface area contributed by atoms with E-state index in [1.807, 2.05) is 0 Å². The van der Waals surface area contributed by atoms with Gasteiger partial charge in [0.2, 0.25) is 0 Å². The van der Waals surface area contributed by atoms with Crippen molar-refractivity contribution in [3.63, 3.8) is 0 Å². The lowest BCUT2D eigenvalue weighted by molar-refractivity contribution is 0.107. The average Bonchev–Trinajstić information content (AvgIpc) is 2.01. The zero-order chi connectivity index (χ0) is 10.1. The number of aryl methyl sites for hydroxylation is 1. The second kappa shape index (κ2) is 3.47. The Labute approximate surface area is 80.8 Å². The Kier molecular flexibility index (Phi) is 2.73. The first kappa shape index (κ1) is 10.2. The van der Waals surface area contributed by atoms with E-state index in [2.05, 4.69) is 0 Å². The SMILES string of the molecule is Cc1cccc(C(=O)S(=O)(=O)Cl)c1. The van der Waals surface area contributed by atoms with Crippen molar-refractivity contribution < 1.29 is 13.2 Å². The molecule has 3 nitrogen and oxygen atoms in total. The van der Waals surface area contributed by atoms with Gasteiger partial charge in [0.1, 0.15) is 0 Å². The highest BCUT2D eigenvalue weighted by molar-refractivity contribution is 8.25. The van der Waals surface area contributed by atoms with Crippen molar-refractivity contribution in [2.75, 3.05) is 0 Å². The Morgan fingerprint density at radius 2 is 2.00 bits per heavy atom. The second-order valence-electron chi connectivity index (χ2n) is 2.59. The molecule has 0 fully saturated rings. The predicted octanol–water partition coefficient (Wildman–Crippen LogP) is 1.70. The fourth-order valence-corrected chi connectivity index (χ4v) is 1.59. The molecule has 13 heavy (non-hydrogen) atoms. The molecule has 1 aromatic rings. The third kappa shape index (κ3) is 2.54. The molecule has 0 aliphatic rings. The van der Waals surface area contributed by atoms with Crippen LogP contribution in [0, 0.1) is 6.92 Å². The Balaban J connectivity index is 3.18. The summed E-state index contributed by atoms with van der Waals surface area (Å²) < 4.78 is 21.3. The monoisotopic (exact) mass is 218 g/mol. The van der Waals surface area contributed by atoms with Crippen LogP contribution in [0.2, 0.25) is 0 Å². The van der Waals surface area contributed by atoms with E-state index in [0.29, 0.717) is 0 Å². The number of halogens is 1. The van der Waals surface area contributed by atoms with Gasteiger partial charge in [-0.1, -0.05) is 23.8 Å². The highest BCUT2D eigenvalue weighted by Gasteiger charge is 2.20. The summed E-state index contributed by atoms with van der Waals surface area (Å²) in [6.45, 7) is 1.76. The van der Waals surface area contributed by atoms with Crippen LogP contribution in [0.3, 0.4) is 0 Å². The number of rotatable bonds is 1. The largest absolute Gasteiger partial charge is 0.299 e. The topological polar surface area (TPSA) is 51.2 Å². The number of carbonyl (C=O) groups excluding carboxylic acids is 1. The lowest BCUT2D eigenvalue weighted by atomic mass is 10.2. The molecule has 0 bridgehead atoms. The summed E-state index contributed by atoms with van der Waals surface area (Å²) in [5, 5.41) is -1.06. The number of benzene rings is 1. The Hall–Kier alpha value is -0.870. The first-order chi connectivity index (χ1) is 5.91. The Morgan fingerprint density at radius 3 is 2.46 bits per heavy atom. The highest BCUT2D eigenvalue weighted by Crippen LogP contribution is 2.11. The molecule has 1 aromatic carbocycles. The molecular weight excluding hydrogens is 212 g/mol. The molecule has 0 aliphatic carbocycles. The number of hydrogen-bond donors (Lipinski definition) is 0. The van der Waals surface area contributed by atoms with Gasteiger partial charge in [-0.2, -0.15) is 0 Å². The van der Waals surface area contributed by atoms with Gasteiger partial charge in [0.25, 0.3) is 14.2 Å². The standard InChI is InChI=1S/C8H7ClO3S/c1-6-3-2-4-7(5-6)8(10)13(9,11)12/h2-5H,1H3. The molecule has 0 spiro atoms. The van der Waals surface area contributed by atoms with Crippen LogP contribution in [0.5, 0.6) is 0 Å². The van der Waals surface area contributed by atoms with E-state index in [-0.39, 0.29) is 5.56 Å². The lowest BCUT2D eigenvalue weighted by Gasteiger charge is -1.97. The first-order valence-corrected chi connectivity index (χ1v) is 5.78. The van der Waals surface area contributed by atoms with E-state index in [0.717, 1.165) is 5.56 Å². The molecule has 0 saturated carbocycles. The molecule has 0 unspecified atom stereocenters. The molecule has 1 rings (SSSR count). The van der Waals surface area contributed by atoms with Crippen molar-refractivity contribution in [3.05, 3.63) is 35.4 Å². The molecule has 0 aliphatic heterocycles. The van der Waals surface area contributed by atoms with Crippen LogP contribution in [0.1, 0.15) is 15.9 Å². The summed E-state index contributed by atoms with van der Waals surface area (Å²) in [7, 11) is 0.754. The van der Waals surface area contributed by atoms with Crippen LogP contribution in [-0.4, -0.2) is 13.5 Å². The van der Waals surface area contributed by atoms with Crippen LogP contribution >= 0.6 is 10.7 Å². The van der Waals surface area contributed by atoms with E-state index in [9.17, 15) is 13.2 Å². The van der Waals surface area contributed by atoms with E-state index < -0.39 is 14.2 Å². The summed E-state index contributed by atoms with van der Waals surface area (Å²) >= 11 is 0. The van der Waals surface area contributed by atoms with Gasteiger partial charge < -0.3 is 0 Å². The predicted molar refractivity (Wildman–Crippen MR) is 50.3 cm³/mol. The fraction of sp³-hybridized carbons (Fsp3) is 0.125. The van der Waals surface area contributed by atoms with Crippen molar-refractivity contribution >= 4 is 24.8 Å². The second-order valence-corrected chi connectivity index (χ2v) is 5.06. The summed E-state index contributed by atoms with van der Waals surface area (Å²) in [6, 6.07) is 6.25. The van der Waals surface area contributed by atoms with Crippen LogP contribution in [-0.2, 0) is 9.05 Å². The zero-order valence-electron chi connectivity index (χ0n) is 6.82. The minimum atomic E-state index is -4.14. The van der Waals surface area contributed by atoms with Gasteiger partial charge in [0.05, 0.1) is 0 Å². The van der Waals surface area contributed by atoms with E-state index in [1.165, 1.54) is 12.1 Å². The fourth-order valence-electron chi connectivity index (χ4n) is 0.913. The van der Waals surface area contributed by atoms with Crippen LogP contribution < -0.4 is 0 Å². The van der Waals surface area contributed by atoms with Gasteiger partial charge in [0.15, 0.2) is 0 Å². The van der Waals surface area contributed by atoms with Gasteiger partial charge in [-0.25, -0.2) is 8.42 Å². The molecular formula is C8H7ClO3S. The van der Waals surface area contributed by atoms with Crippen molar-refractivity contribution in [1.82, 2.24) is 0 Å². The maximum atomic E-state index is 11.1. The highest BCUT2D eigenvalue weighted by atomic mass is 35.7. The normalized spacial score (nSPS) is 11.2. The zero-order valence-corrected chi connectivity index (χ0v) is 8.39. The van der Waals surface area contributed by atoms with E-state index in [1.54, 1.807) is 19.1 Å². The number of hydrogen-bond acceptors (Lipinski definition) is 3. The Morgan fingerprint density at radius 1 is 1.38 bits per heavy atom. The molecule has 0 N–H and O–H groups in total. The molecule has 0 amide bonds. The lowest BCUT2D eigenvalue weighted by Crippen LogP contribution is -2.07. The molecule has 70 valence electrons. The van der Waals surface area contributed by atoms with Crippen molar-refractivity contribution in [3.8, 4) is 0 Å². The third-order valence-electron chi connectivity index (χ3n) is 1.48. The maximum absolute atomic E-state index is 11.1. The average molecular weight is 219 g/mol. The molecule has 0 heterocycles. The molecule has 0 saturated heterocycles. The van der Waals surface area contributed by atoms with E-state index >= 15 is 0 Å². The van der Waals surface area contributed by atoms with Crippen molar-refractivity contribution in [1.29, 1.82) is 0 Å². The quantitative estimate of drug-likeness (QED) is 0.675. The molecule has 0 radical (unpaired) electrons. The van der Waals surface area contributed by atoms with Crippen molar-refractivity contribution in [2.45, 2.75) is 6.92 Å². The van der Waals surface area contributed by atoms with Crippen LogP contribution in [0.15, 0.2) is 24.3 Å². The van der Waals surface area contributed by atoms with Crippen LogP contribution in [0.25, 0.3) is 0 Å². The summed E-state index contributed by atoms with van der Waals surface area (Å²) in [6.07, 6.45) is 0. The van der Waals surface area contributed by atoms with Crippen molar-refractivity contribution in [2.24, 2.45) is 0 Å². The van der Waals surface area contributed by atoms with Gasteiger partial charge >= 0.3 is 0 Å². The summed E-state index contributed by atoms with van der Waals surface area (Å²) in [5.74, 6) is 0. The summed E-state index contributed by atoms with van der Waals surface area (Å²) in [4.78, 5) is 11.1.